The molecule has 0 aliphatic rings. The molecule has 0 saturated heterocycles. The van der Waals surface area contributed by atoms with Crippen LogP contribution in [-0.2, 0) is 4.74 Å². The van der Waals surface area contributed by atoms with Crippen LogP contribution in [0.2, 0.25) is 0 Å². The largest absolute Gasteiger partial charge is 0.444 e. The highest BCUT2D eigenvalue weighted by Crippen LogP contribution is 2.07. The topological polar surface area (TPSA) is 46.6 Å². The van der Waals surface area contributed by atoms with E-state index in [-0.39, 0.29) is 17.5 Å². The summed E-state index contributed by atoms with van der Waals surface area (Å²) in [6, 6.07) is 9.34. The average Bonchev–Trinajstić information content (AvgIpc) is 2.37. The molecule has 20 heavy (non-hydrogen) atoms. The number of ketones is 1. The molecule has 0 N–H and O–H groups in total. The predicted octanol–water partition coefficient (Wildman–Crippen LogP) is 3.76. The van der Waals surface area contributed by atoms with Gasteiger partial charge in [0.05, 0.1) is 0 Å². The minimum atomic E-state index is -0.388. The van der Waals surface area contributed by atoms with Crippen molar-refractivity contribution < 1.29 is 14.3 Å². The van der Waals surface area contributed by atoms with Gasteiger partial charge in [0.2, 0.25) is 0 Å². The summed E-state index contributed by atoms with van der Waals surface area (Å²) in [4.78, 5) is 23.3. The van der Waals surface area contributed by atoms with Crippen molar-refractivity contribution in [2.45, 2.75) is 39.7 Å². The molecule has 0 aromatic heterocycles. The molecule has 112 valence electrons. The summed E-state index contributed by atoms with van der Waals surface area (Å²) in [6.07, 6.45) is 0.289. The molecular weight excluding hydrogens is 254 g/mol. The first-order chi connectivity index (χ1) is 9.17. The van der Waals surface area contributed by atoms with Crippen LogP contribution in [0.5, 0.6) is 0 Å². The predicted molar refractivity (Wildman–Crippen MR) is 81.0 cm³/mol. The normalized spacial score (nSPS) is 10.1. The van der Waals surface area contributed by atoms with Crippen LogP contribution < -0.4 is 0 Å². The number of nitrogens with zero attached hydrogens (tertiary/aromatic N) is 1. The maximum absolute atomic E-state index is 11.0. The lowest BCUT2D eigenvalue weighted by molar-refractivity contribution is 0.0341. The number of amides is 1. The van der Waals surface area contributed by atoms with Gasteiger partial charge in [-0.1, -0.05) is 37.3 Å². The van der Waals surface area contributed by atoms with Crippen LogP contribution in [0, 0.1) is 0 Å². The van der Waals surface area contributed by atoms with E-state index < -0.39 is 0 Å². The van der Waals surface area contributed by atoms with Crippen molar-refractivity contribution in [3.8, 4) is 0 Å². The number of hydrogen-bond donors (Lipinski definition) is 0. The van der Waals surface area contributed by atoms with E-state index in [1.807, 2.05) is 58.0 Å². The number of carbonyl (C=O) groups is 2. The zero-order valence-electron chi connectivity index (χ0n) is 13.3. The van der Waals surface area contributed by atoms with Gasteiger partial charge in [0.15, 0.2) is 5.78 Å². The summed E-state index contributed by atoms with van der Waals surface area (Å²) in [7, 11) is 3.32. The summed E-state index contributed by atoms with van der Waals surface area (Å²) < 4.78 is 4.99. The molecule has 0 heterocycles. The Morgan fingerprint density at radius 2 is 1.60 bits per heavy atom. The second-order valence-electron chi connectivity index (χ2n) is 5.52. The second kappa shape index (κ2) is 8.35. The van der Waals surface area contributed by atoms with Crippen molar-refractivity contribution in [3.05, 3.63) is 35.9 Å². The third-order valence-corrected chi connectivity index (χ3v) is 2.18. The molecule has 1 amide bonds. The summed E-state index contributed by atoms with van der Waals surface area (Å²) in [5.74, 6) is 0.209. The molecule has 1 aromatic rings. The number of Topliss-reactive ketones (excluding diaryl/α,β-unsaturated/α-hetero) is 1. The minimum absolute atomic E-state index is 0.209. The van der Waals surface area contributed by atoms with E-state index in [1.165, 1.54) is 4.90 Å². The highest BCUT2D eigenvalue weighted by Gasteiger charge is 2.16. The van der Waals surface area contributed by atoms with E-state index in [2.05, 4.69) is 0 Å². The minimum Gasteiger partial charge on any atom is -0.444 e. The van der Waals surface area contributed by atoms with Gasteiger partial charge in [0, 0.05) is 26.1 Å². The molecule has 0 bridgehead atoms. The molecule has 0 aliphatic heterocycles. The average molecular weight is 279 g/mol. The first-order valence-electron chi connectivity index (χ1n) is 6.66. The van der Waals surface area contributed by atoms with Crippen molar-refractivity contribution in [3.63, 3.8) is 0 Å². The maximum atomic E-state index is 11.0. The van der Waals surface area contributed by atoms with E-state index in [9.17, 15) is 9.59 Å². The SMILES string of the molecule is CCC(=O)c1ccccc1.CN(C)C(=O)OC(C)(C)C. The van der Waals surface area contributed by atoms with Gasteiger partial charge in [0.1, 0.15) is 5.60 Å². The Labute approximate surface area is 121 Å². The van der Waals surface area contributed by atoms with Crippen molar-refractivity contribution in [2.75, 3.05) is 14.1 Å². The maximum Gasteiger partial charge on any atom is 0.409 e. The van der Waals surface area contributed by atoms with Gasteiger partial charge in [-0.2, -0.15) is 0 Å². The molecule has 1 aromatic carbocycles. The summed E-state index contributed by atoms with van der Waals surface area (Å²) in [6.45, 7) is 7.40. The fraction of sp³-hybridized carbons (Fsp3) is 0.500. The molecular formula is C16H25NO3. The second-order valence-corrected chi connectivity index (χ2v) is 5.52. The van der Waals surface area contributed by atoms with Gasteiger partial charge in [0.25, 0.3) is 0 Å². The quantitative estimate of drug-likeness (QED) is 0.774. The first-order valence-corrected chi connectivity index (χ1v) is 6.66. The Hall–Kier alpha value is -1.84. The summed E-state index contributed by atoms with van der Waals surface area (Å²) in [5, 5.41) is 0. The number of carbonyl (C=O) groups excluding carboxylic acids is 2. The number of rotatable bonds is 2. The smallest absolute Gasteiger partial charge is 0.409 e. The van der Waals surface area contributed by atoms with Gasteiger partial charge in [-0.25, -0.2) is 4.79 Å². The monoisotopic (exact) mass is 279 g/mol. The van der Waals surface area contributed by atoms with Crippen molar-refractivity contribution in [2.24, 2.45) is 0 Å². The van der Waals surface area contributed by atoms with Crippen LogP contribution in [0.1, 0.15) is 44.5 Å². The molecule has 0 saturated carbocycles. The first kappa shape index (κ1) is 18.2. The van der Waals surface area contributed by atoms with E-state index in [0.717, 1.165) is 5.56 Å². The molecule has 1 rings (SSSR count). The van der Waals surface area contributed by atoms with Crippen LogP contribution >= 0.6 is 0 Å². The molecule has 0 spiro atoms. The molecule has 0 atom stereocenters. The lowest BCUT2D eigenvalue weighted by Gasteiger charge is -2.22. The zero-order valence-corrected chi connectivity index (χ0v) is 13.3. The highest BCUT2D eigenvalue weighted by atomic mass is 16.6. The van der Waals surface area contributed by atoms with Crippen LogP contribution in [-0.4, -0.2) is 36.5 Å². The van der Waals surface area contributed by atoms with Crippen molar-refractivity contribution >= 4 is 11.9 Å². The molecule has 0 radical (unpaired) electrons. The molecule has 0 aliphatic carbocycles. The third-order valence-electron chi connectivity index (χ3n) is 2.18. The van der Waals surface area contributed by atoms with Gasteiger partial charge < -0.3 is 9.64 Å². The Morgan fingerprint density at radius 3 is 1.90 bits per heavy atom. The standard InChI is InChI=1S/C9H10O.C7H15NO2/c1-2-9(10)8-6-4-3-5-7-8;1-7(2,3)10-6(9)8(4)5/h3-7H,2H2,1H3;1-5H3. The Balaban J connectivity index is 0.000000361. The van der Waals surface area contributed by atoms with Crippen LogP contribution in [0.15, 0.2) is 30.3 Å². The lowest BCUT2D eigenvalue weighted by atomic mass is 10.1. The molecule has 4 heteroatoms. The van der Waals surface area contributed by atoms with Gasteiger partial charge in [-0.15, -0.1) is 0 Å². The van der Waals surface area contributed by atoms with Gasteiger partial charge >= 0.3 is 6.09 Å². The molecule has 4 nitrogen and oxygen atoms in total. The Kier molecular flexibility index (Phi) is 7.59. The number of ether oxygens (including phenoxy) is 1. The van der Waals surface area contributed by atoms with E-state index in [4.69, 9.17) is 4.74 Å². The van der Waals surface area contributed by atoms with Crippen LogP contribution in [0.25, 0.3) is 0 Å². The van der Waals surface area contributed by atoms with E-state index in [0.29, 0.717) is 6.42 Å². The van der Waals surface area contributed by atoms with Crippen LogP contribution in [0.4, 0.5) is 4.79 Å². The molecule has 0 unspecified atom stereocenters. The highest BCUT2D eigenvalue weighted by molar-refractivity contribution is 5.95. The van der Waals surface area contributed by atoms with Crippen molar-refractivity contribution in [1.29, 1.82) is 0 Å². The fourth-order valence-corrected chi connectivity index (χ4v) is 1.18. The fourth-order valence-electron chi connectivity index (χ4n) is 1.18. The Morgan fingerprint density at radius 1 is 1.10 bits per heavy atom. The van der Waals surface area contributed by atoms with Crippen molar-refractivity contribution in [1.82, 2.24) is 4.90 Å². The van der Waals surface area contributed by atoms with E-state index >= 15 is 0 Å². The summed E-state index contributed by atoms with van der Waals surface area (Å²) >= 11 is 0. The number of benzene rings is 1. The summed E-state index contributed by atoms with van der Waals surface area (Å²) in [5.41, 5.74) is 0.423. The zero-order chi connectivity index (χ0) is 15.8. The van der Waals surface area contributed by atoms with Crippen LogP contribution in [0.3, 0.4) is 0 Å². The van der Waals surface area contributed by atoms with Gasteiger partial charge in [-0.05, 0) is 20.8 Å². The molecule has 0 fully saturated rings. The van der Waals surface area contributed by atoms with E-state index in [1.54, 1.807) is 14.1 Å². The lowest BCUT2D eigenvalue weighted by Crippen LogP contribution is -2.31. The van der Waals surface area contributed by atoms with Gasteiger partial charge in [-0.3, -0.25) is 4.79 Å². The third kappa shape index (κ3) is 8.29. The number of hydrogen-bond acceptors (Lipinski definition) is 3. The Bertz CT molecular complexity index is 419.